The third kappa shape index (κ3) is 4.92. The van der Waals surface area contributed by atoms with Crippen LogP contribution in [0.2, 0.25) is 0 Å². The zero-order chi connectivity index (χ0) is 12.7. The minimum absolute atomic E-state index is 0.543. The van der Waals surface area contributed by atoms with Gasteiger partial charge in [0.15, 0.2) is 0 Å². The van der Waals surface area contributed by atoms with Crippen LogP contribution in [-0.4, -0.2) is 75.9 Å². The fraction of sp³-hybridized carbons (Fsp3) is 1.00. The van der Waals surface area contributed by atoms with Crippen molar-refractivity contribution in [1.82, 2.24) is 15.1 Å². The van der Waals surface area contributed by atoms with Crippen LogP contribution in [0.15, 0.2) is 0 Å². The summed E-state index contributed by atoms with van der Waals surface area (Å²) in [5.74, 6) is 0. The topological polar surface area (TPSA) is 27.7 Å². The zero-order valence-electron chi connectivity index (χ0n) is 11.9. The van der Waals surface area contributed by atoms with Crippen molar-refractivity contribution in [2.75, 3.05) is 54.0 Å². The van der Waals surface area contributed by atoms with E-state index >= 15 is 0 Å². The monoisotopic (exact) mass is 243 g/mol. The molecule has 1 N–H and O–H groups in total. The van der Waals surface area contributed by atoms with Gasteiger partial charge in [0, 0.05) is 18.7 Å². The molecule has 0 aromatic carbocycles. The van der Waals surface area contributed by atoms with Crippen molar-refractivity contribution in [1.29, 1.82) is 0 Å². The van der Waals surface area contributed by atoms with Gasteiger partial charge in [-0.3, -0.25) is 4.90 Å². The number of rotatable bonds is 7. The molecule has 17 heavy (non-hydrogen) atoms. The summed E-state index contributed by atoms with van der Waals surface area (Å²) in [5.41, 5.74) is 0. The van der Waals surface area contributed by atoms with Gasteiger partial charge in [-0.2, -0.15) is 0 Å². The Balaban J connectivity index is 2.40. The van der Waals surface area contributed by atoms with Crippen molar-refractivity contribution in [2.45, 2.75) is 31.8 Å². The van der Waals surface area contributed by atoms with E-state index in [1.807, 2.05) is 0 Å². The van der Waals surface area contributed by atoms with Crippen LogP contribution in [0.1, 0.15) is 19.8 Å². The Morgan fingerprint density at radius 1 is 1.29 bits per heavy atom. The molecule has 0 spiro atoms. The van der Waals surface area contributed by atoms with E-state index in [0.717, 1.165) is 32.7 Å². The first-order valence-corrected chi connectivity index (χ1v) is 6.82. The van der Waals surface area contributed by atoms with Crippen molar-refractivity contribution in [3.05, 3.63) is 0 Å². The maximum atomic E-state index is 5.63. The first kappa shape index (κ1) is 14.9. The molecule has 0 saturated carbocycles. The van der Waals surface area contributed by atoms with E-state index in [9.17, 15) is 0 Å². The molecule has 1 saturated heterocycles. The first-order valence-electron chi connectivity index (χ1n) is 6.82. The molecule has 0 radical (unpaired) electrons. The highest BCUT2D eigenvalue weighted by Crippen LogP contribution is 2.14. The molecule has 4 nitrogen and oxygen atoms in total. The van der Waals surface area contributed by atoms with Crippen LogP contribution in [0.3, 0.4) is 0 Å². The second-order valence-electron chi connectivity index (χ2n) is 5.11. The van der Waals surface area contributed by atoms with E-state index < -0.39 is 0 Å². The molecule has 102 valence electrons. The lowest BCUT2D eigenvalue weighted by Crippen LogP contribution is -2.54. The van der Waals surface area contributed by atoms with Crippen molar-refractivity contribution >= 4 is 0 Å². The van der Waals surface area contributed by atoms with Crippen LogP contribution in [0.25, 0.3) is 0 Å². The van der Waals surface area contributed by atoms with Crippen molar-refractivity contribution in [3.63, 3.8) is 0 Å². The van der Waals surface area contributed by atoms with Crippen LogP contribution in [0, 0.1) is 0 Å². The summed E-state index contributed by atoms with van der Waals surface area (Å²) >= 11 is 0. The summed E-state index contributed by atoms with van der Waals surface area (Å²) < 4.78 is 5.63. The highest BCUT2D eigenvalue weighted by Gasteiger charge is 2.28. The fourth-order valence-corrected chi connectivity index (χ4v) is 2.57. The maximum absolute atomic E-state index is 5.63. The van der Waals surface area contributed by atoms with Crippen LogP contribution >= 0.6 is 0 Å². The average Bonchev–Trinajstić information content (AvgIpc) is 2.34. The molecule has 1 fully saturated rings. The van der Waals surface area contributed by atoms with E-state index in [1.54, 1.807) is 0 Å². The lowest BCUT2D eigenvalue weighted by Gasteiger charge is -2.39. The molecule has 2 unspecified atom stereocenters. The van der Waals surface area contributed by atoms with E-state index in [1.165, 1.54) is 13.0 Å². The van der Waals surface area contributed by atoms with E-state index in [4.69, 9.17) is 4.74 Å². The molecule has 2 atom stereocenters. The normalized spacial score (nSPS) is 25.8. The number of hydrogen-bond acceptors (Lipinski definition) is 4. The number of nitrogens with one attached hydrogen (secondary N) is 1. The fourth-order valence-electron chi connectivity index (χ4n) is 2.57. The Kier molecular flexibility index (Phi) is 7.04. The number of hydrogen-bond donors (Lipinski definition) is 1. The summed E-state index contributed by atoms with van der Waals surface area (Å²) in [7, 11) is 6.34. The molecule has 0 bridgehead atoms. The molecular formula is C13H29N3O. The van der Waals surface area contributed by atoms with Crippen molar-refractivity contribution in [3.8, 4) is 0 Å². The standard InChI is InChI=1S/C13H29N3O/c1-5-16(9-6-8-15(3)4)13-11-17-10-7-12(13)14-2/h12-14H,5-11H2,1-4H3. The Labute approximate surface area is 106 Å². The lowest BCUT2D eigenvalue weighted by molar-refractivity contribution is -0.000542. The SMILES string of the molecule is CCN(CCCN(C)C)C1COCCC1NC. The molecule has 0 aliphatic carbocycles. The zero-order valence-corrected chi connectivity index (χ0v) is 11.9. The predicted octanol–water partition coefficient (Wildman–Crippen LogP) is 0.637. The second kappa shape index (κ2) is 8.03. The molecule has 0 aromatic rings. The third-order valence-electron chi connectivity index (χ3n) is 3.62. The Morgan fingerprint density at radius 3 is 2.65 bits per heavy atom. The Hall–Kier alpha value is -0.160. The highest BCUT2D eigenvalue weighted by molar-refractivity contribution is 4.86. The maximum Gasteiger partial charge on any atom is 0.0637 e. The summed E-state index contributed by atoms with van der Waals surface area (Å²) in [6, 6.07) is 1.13. The van der Waals surface area contributed by atoms with Gasteiger partial charge in [0.05, 0.1) is 6.61 Å². The lowest BCUT2D eigenvalue weighted by atomic mass is 10.0. The van der Waals surface area contributed by atoms with E-state index in [2.05, 4.69) is 43.2 Å². The van der Waals surface area contributed by atoms with Crippen LogP contribution < -0.4 is 5.32 Å². The van der Waals surface area contributed by atoms with Gasteiger partial charge in [0.25, 0.3) is 0 Å². The van der Waals surface area contributed by atoms with Gasteiger partial charge in [-0.1, -0.05) is 6.92 Å². The molecule has 0 amide bonds. The minimum Gasteiger partial charge on any atom is -0.380 e. The quantitative estimate of drug-likeness (QED) is 0.710. The third-order valence-corrected chi connectivity index (χ3v) is 3.62. The average molecular weight is 243 g/mol. The van der Waals surface area contributed by atoms with Crippen molar-refractivity contribution in [2.24, 2.45) is 0 Å². The second-order valence-corrected chi connectivity index (χ2v) is 5.11. The molecule has 0 aromatic heterocycles. The van der Waals surface area contributed by atoms with Gasteiger partial charge < -0.3 is 15.0 Å². The van der Waals surface area contributed by atoms with Gasteiger partial charge in [-0.25, -0.2) is 0 Å². The van der Waals surface area contributed by atoms with E-state index in [0.29, 0.717) is 12.1 Å². The molecular weight excluding hydrogens is 214 g/mol. The minimum atomic E-state index is 0.543. The summed E-state index contributed by atoms with van der Waals surface area (Å²) in [6.07, 6.45) is 2.36. The molecule has 1 rings (SSSR count). The first-order chi connectivity index (χ1) is 8.19. The molecule has 1 aliphatic rings. The van der Waals surface area contributed by atoms with Crippen molar-refractivity contribution < 1.29 is 4.74 Å². The highest BCUT2D eigenvalue weighted by atomic mass is 16.5. The summed E-state index contributed by atoms with van der Waals surface area (Å²) in [4.78, 5) is 4.81. The van der Waals surface area contributed by atoms with Gasteiger partial charge in [0.1, 0.15) is 0 Å². The summed E-state index contributed by atoms with van der Waals surface area (Å²) in [6.45, 7) is 7.46. The Morgan fingerprint density at radius 2 is 2.06 bits per heavy atom. The molecule has 1 heterocycles. The smallest absolute Gasteiger partial charge is 0.0637 e. The van der Waals surface area contributed by atoms with Crippen LogP contribution in [-0.2, 0) is 4.74 Å². The van der Waals surface area contributed by atoms with Gasteiger partial charge in [-0.05, 0) is 53.6 Å². The largest absolute Gasteiger partial charge is 0.380 e. The van der Waals surface area contributed by atoms with Crippen LogP contribution in [0.4, 0.5) is 0 Å². The van der Waals surface area contributed by atoms with Gasteiger partial charge >= 0.3 is 0 Å². The summed E-state index contributed by atoms with van der Waals surface area (Å²) in [5, 5.41) is 3.44. The number of likely N-dealkylation sites (N-methyl/N-ethyl adjacent to an activating group) is 2. The molecule has 4 heteroatoms. The number of ether oxygens (including phenoxy) is 1. The predicted molar refractivity (Wildman–Crippen MR) is 72.5 cm³/mol. The van der Waals surface area contributed by atoms with E-state index in [-0.39, 0.29) is 0 Å². The number of nitrogens with zero attached hydrogens (tertiary/aromatic N) is 2. The Bertz CT molecular complexity index is 199. The van der Waals surface area contributed by atoms with Crippen LogP contribution in [0.5, 0.6) is 0 Å². The van der Waals surface area contributed by atoms with Gasteiger partial charge in [-0.15, -0.1) is 0 Å². The van der Waals surface area contributed by atoms with Gasteiger partial charge in [0.2, 0.25) is 0 Å². The molecule has 1 aliphatic heterocycles.